The predicted molar refractivity (Wildman–Crippen MR) is 50.8 cm³/mol. The molecule has 12 heavy (non-hydrogen) atoms. The normalized spacial score (nSPS) is 9.00. The van der Waals surface area contributed by atoms with Crippen LogP contribution in [0.5, 0.6) is 0 Å². The number of rotatable bonds is 1. The highest BCUT2D eigenvalue weighted by molar-refractivity contribution is 6.59. The van der Waals surface area contributed by atoms with Crippen LogP contribution in [0.3, 0.4) is 0 Å². The monoisotopic (exact) mass is 167 g/mol. The van der Waals surface area contributed by atoms with Gasteiger partial charge >= 0.3 is 7.12 Å². The summed E-state index contributed by atoms with van der Waals surface area (Å²) < 4.78 is 0. The van der Waals surface area contributed by atoms with E-state index in [4.69, 9.17) is 10.0 Å². The third kappa shape index (κ3) is 2.34. The molecule has 0 fully saturated rings. The molecule has 0 aromatic heterocycles. The van der Waals surface area contributed by atoms with Crippen LogP contribution in [0.1, 0.15) is 11.1 Å². The van der Waals surface area contributed by atoms with Crippen LogP contribution < -0.4 is 11.6 Å². The van der Waals surface area contributed by atoms with Crippen LogP contribution in [0.2, 0.25) is 0 Å². The Labute approximate surface area is 72.8 Å². The van der Waals surface area contributed by atoms with Crippen molar-refractivity contribution in [1.29, 1.82) is 0 Å². The minimum absolute atomic E-state index is 0. The van der Waals surface area contributed by atoms with Crippen molar-refractivity contribution >= 4 is 12.6 Å². The standard InChI is InChI=1S/C8H11BO2.H3N/c1-6-3-4-8(9(10)11)7(2)5-6;/h3-5,10-11H,1-2H3;1H3. The average Bonchev–Trinajstić information content (AvgIpc) is 1.85. The molecule has 5 N–H and O–H groups in total. The molecule has 4 heteroatoms. The van der Waals surface area contributed by atoms with Gasteiger partial charge in [0, 0.05) is 0 Å². The fourth-order valence-electron chi connectivity index (χ4n) is 1.12. The topological polar surface area (TPSA) is 75.5 Å². The van der Waals surface area contributed by atoms with Gasteiger partial charge in [-0.05, 0) is 19.3 Å². The largest absolute Gasteiger partial charge is 0.488 e. The van der Waals surface area contributed by atoms with E-state index in [-0.39, 0.29) is 6.15 Å². The van der Waals surface area contributed by atoms with Crippen molar-refractivity contribution in [3.8, 4) is 0 Å². The molecular formula is C8H14BNO2. The third-order valence-corrected chi connectivity index (χ3v) is 1.70. The van der Waals surface area contributed by atoms with E-state index in [1.165, 1.54) is 0 Å². The van der Waals surface area contributed by atoms with E-state index in [1.807, 2.05) is 26.0 Å². The molecule has 0 atom stereocenters. The summed E-state index contributed by atoms with van der Waals surface area (Å²) >= 11 is 0. The highest BCUT2D eigenvalue weighted by Crippen LogP contribution is 1.99. The zero-order valence-electron chi connectivity index (χ0n) is 7.41. The van der Waals surface area contributed by atoms with Crippen LogP contribution in [-0.4, -0.2) is 17.2 Å². The molecular weight excluding hydrogens is 153 g/mol. The van der Waals surface area contributed by atoms with E-state index in [0.29, 0.717) is 5.46 Å². The summed E-state index contributed by atoms with van der Waals surface area (Å²) in [6.07, 6.45) is 0. The summed E-state index contributed by atoms with van der Waals surface area (Å²) in [5, 5.41) is 17.7. The van der Waals surface area contributed by atoms with Gasteiger partial charge in [-0.2, -0.15) is 0 Å². The van der Waals surface area contributed by atoms with Crippen LogP contribution >= 0.6 is 0 Å². The quantitative estimate of drug-likeness (QED) is 0.521. The lowest BCUT2D eigenvalue weighted by molar-refractivity contribution is 0.425. The first kappa shape index (κ1) is 11.2. The van der Waals surface area contributed by atoms with Gasteiger partial charge in [0.2, 0.25) is 0 Å². The molecule has 0 aliphatic heterocycles. The van der Waals surface area contributed by atoms with E-state index >= 15 is 0 Å². The third-order valence-electron chi connectivity index (χ3n) is 1.70. The lowest BCUT2D eigenvalue weighted by Gasteiger charge is -2.04. The first-order valence-corrected chi connectivity index (χ1v) is 3.54. The van der Waals surface area contributed by atoms with Crippen molar-refractivity contribution in [2.45, 2.75) is 13.8 Å². The Kier molecular flexibility index (Phi) is 3.96. The van der Waals surface area contributed by atoms with Crippen molar-refractivity contribution < 1.29 is 10.0 Å². The highest BCUT2D eigenvalue weighted by atomic mass is 16.4. The zero-order chi connectivity index (χ0) is 8.43. The first-order chi connectivity index (χ1) is 5.11. The average molecular weight is 167 g/mol. The molecule has 0 aliphatic rings. The molecule has 1 rings (SSSR count). The van der Waals surface area contributed by atoms with Crippen molar-refractivity contribution in [3.05, 3.63) is 29.3 Å². The predicted octanol–water partition coefficient (Wildman–Crippen LogP) is 0.145. The van der Waals surface area contributed by atoms with Crippen molar-refractivity contribution in [2.75, 3.05) is 0 Å². The van der Waals surface area contributed by atoms with E-state index in [2.05, 4.69) is 0 Å². The van der Waals surface area contributed by atoms with Crippen molar-refractivity contribution in [2.24, 2.45) is 0 Å². The molecule has 0 bridgehead atoms. The molecule has 0 spiro atoms. The molecule has 3 nitrogen and oxygen atoms in total. The molecule has 1 aromatic carbocycles. The molecule has 0 aliphatic carbocycles. The molecule has 66 valence electrons. The van der Waals surface area contributed by atoms with E-state index in [9.17, 15) is 0 Å². The van der Waals surface area contributed by atoms with Gasteiger partial charge in [0.25, 0.3) is 0 Å². The van der Waals surface area contributed by atoms with Crippen LogP contribution in [0.4, 0.5) is 0 Å². The summed E-state index contributed by atoms with van der Waals surface area (Å²) in [6, 6.07) is 5.52. The minimum Gasteiger partial charge on any atom is -0.423 e. The van der Waals surface area contributed by atoms with Gasteiger partial charge in [0.05, 0.1) is 0 Å². The molecule has 0 saturated carbocycles. The van der Waals surface area contributed by atoms with Gasteiger partial charge in [-0.25, -0.2) is 0 Å². The van der Waals surface area contributed by atoms with E-state index < -0.39 is 7.12 Å². The second-order valence-electron chi connectivity index (χ2n) is 2.73. The second-order valence-corrected chi connectivity index (χ2v) is 2.73. The Bertz CT molecular complexity index is 263. The second kappa shape index (κ2) is 4.26. The molecule has 0 amide bonds. The zero-order valence-corrected chi connectivity index (χ0v) is 7.41. The summed E-state index contributed by atoms with van der Waals surface area (Å²) in [6.45, 7) is 3.84. The fraction of sp³-hybridized carbons (Fsp3) is 0.250. The Morgan fingerprint density at radius 1 is 1.17 bits per heavy atom. The summed E-state index contributed by atoms with van der Waals surface area (Å²) in [5.74, 6) is 0. The summed E-state index contributed by atoms with van der Waals surface area (Å²) in [7, 11) is -1.35. The van der Waals surface area contributed by atoms with Crippen LogP contribution in [0.25, 0.3) is 0 Å². The summed E-state index contributed by atoms with van der Waals surface area (Å²) in [4.78, 5) is 0. The number of benzene rings is 1. The molecule has 0 saturated heterocycles. The number of hydrogen-bond acceptors (Lipinski definition) is 3. The smallest absolute Gasteiger partial charge is 0.423 e. The SMILES string of the molecule is Cc1ccc(B(O)O)c(C)c1.N. The highest BCUT2D eigenvalue weighted by Gasteiger charge is 2.12. The Morgan fingerprint density at radius 2 is 1.75 bits per heavy atom. The van der Waals surface area contributed by atoms with Gasteiger partial charge in [-0.3, -0.25) is 0 Å². The van der Waals surface area contributed by atoms with Gasteiger partial charge in [0.1, 0.15) is 0 Å². The van der Waals surface area contributed by atoms with Gasteiger partial charge < -0.3 is 16.2 Å². The van der Waals surface area contributed by atoms with E-state index in [1.54, 1.807) is 6.07 Å². The van der Waals surface area contributed by atoms with Crippen molar-refractivity contribution in [1.82, 2.24) is 6.15 Å². The van der Waals surface area contributed by atoms with Gasteiger partial charge in [0.15, 0.2) is 0 Å². The van der Waals surface area contributed by atoms with Crippen LogP contribution in [0, 0.1) is 13.8 Å². The number of aryl methyl sites for hydroxylation is 2. The van der Waals surface area contributed by atoms with Crippen molar-refractivity contribution in [3.63, 3.8) is 0 Å². The Morgan fingerprint density at radius 3 is 2.17 bits per heavy atom. The molecule has 1 aromatic rings. The maximum Gasteiger partial charge on any atom is 0.488 e. The van der Waals surface area contributed by atoms with Gasteiger partial charge in [-0.15, -0.1) is 0 Å². The Balaban J connectivity index is 0.00000121. The molecule has 0 unspecified atom stereocenters. The lowest BCUT2D eigenvalue weighted by atomic mass is 9.77. The fourth-order valence-corrected chi connectivity index (χ4v) is 1.12. The maximum absolute atomic E-state index is 8.85. The minimum atomic E-state index is -1.35. The molecule has 0 heterocycles. The van der Waals surface area contributed by atoms with Crippen LogP contribution in [0.15, 0.2) is 18.2 Å². The Hall–Kier alpha value is -0.835. The molecule has 0 radical (unpaired) electrons. The summed E-state index contributed by atoms with van der Waals surface area (Å²) in [5.41, 5.74) is 2.63. The van der Waals surface area contributed by atoms with Gasteiger partial charge in [-0.1, -0.05) is 29.3 Å². The lowest BCUT2D eigenvalue weighted by Crippen LogP contribution is -2.31. The van der Waals surface area contributed by atoms with E-state index in [0.717, 1.165) is 11.1 Å². The first-order valence-electron chi connectivity index (χ1n) is 3.54. The number of hydrogen-bond donors (Lipinski definition) is 3. The van der Waals surface area contributed by atoms with Crippen LogP contribution in [-0.2, 0) is 0 Å². The maximum atomic E-state index is 8.85.